The third-order valence-electron chi connectivity index (χ3n) is 8.76. The molecule has 3 unspecified atom stereocenters. The largest absolute Gasteiger partial charge is 0.481 e. The average molecular weight is 523 g/mol. The van der Waals surface area contributed by atoms with Crippen LogP contribution in [0.5, 0.6) is 0 Å². The van der Waals surface area contributed by atoms with Gasteiger partial charge in [0.25, 0.3) is 0 Å². The average Bonchev–Trinajstić information content (AvgIpc) is 2.88. The van der Waals surface area contributed by atoms with E-state index in [0.29, 0.717) is 12.8 Å². The highest BCUT2D eigenvalue weighted by atomic mass is 16.5. The lowest BCUT2D eigenvalue weighted by Crippen LogP contribution is -2.44. The van der Waals surface area contributed by atoms with Gasteiger partial charge in [-0.3, -0.25) is 9.59 Å². The molecule has 0 aliphatic heterocycles. The van der Waals surface area contributed by atoms with E-state index in [1.165, 1.54) is 109 Å². The minimum absolute atomic E-state index is 0.0562. The normalized spacial score (nSPS) is 20.6. The Labute approximate surface area is 230 Å². The summed E-state index contributed by atoms with van der Waals surface area (Å²) < 4.78 is 6.12. The third kappa shape index (κ3) is 15.2. The second-order valence-electron chi connectivity index (χ2n) is 12.2. The predicted molar refractivity (Wildman–Crippen MR) is 156 cm³/mol. The summed E-state index contributed by atoms with van der Waals surface area (Å²) in [5.41, 5.74) is -0.876. The van der Waals surface area contributed by atoms with Crippen molar-refractivity contribution < 1.29 is 19.4 Å². The Morgan fingerprint density at radius 1 is 0.703 bits per heavy atom. The Bertz CT molecular complexity index is 575. The van der Waals surface area contributed by atoms with Crippen molar-refractivity contribution >= 4 is 11.9 Å². The fraction of sp³-hybridized carbons (Fsp3) is 0.939. The maximum Gasteiger partial charge on any atom is 0.312 e. The summed E-state index contributed by atoms with van der Waals surface area (Å²) in [5, 5.41) is 9.74. The van der Waals surface area contributed by atoms with Crippen LogP contribution in [0.3, 0.4) is 0 Å². The summed E-state index contributed by atoms with van der Waals surface area (Å²) in [4.78, 5) is 25.2. The van der Waals surface area contributed by atoms with Crippen LogP contribution in [0.4, 0.5) is 0 Å². The molecule has 1 N–H and O–H groups in total. The molecule has 0 bridgehead atoms. The number of esters is 1. The molecule has 0 aromatic carbocycles. The molecule has 37 heavy (non-hydrogen) atoms. The molecule has 218 valence electrons. The fourth-order valence-electron chi connectivity index (χ4n) is 6.06. The summed E-state index contributed by atoms with van der Waals surface area (Å²) >= 11 is 0. The fourth-order valence-corrected chi connectivity index (χ4v) is 6.06. The number of aliphatic carboxylic acids is 1. The van der Waals surface area contributed by atoms with E-state index in [2.05, 4.69) is 13.8 Å². The molecule has 3 atom stereocenters. The molecular formula is C33H62O4. The quantitative estimate of drug-likeness (QED) is 0.101. The molecule has 0 aromatic rings. The number of hydrogen-bond acceptors (Lipinski definition) is 3. The zero-order valence-corrected chi connectivity index (χ0v) is 25.0. The summed E-state index contributed by atoms with van der Waals surface area (Å²) in [7, 11) is 0. The summed E-state index contributed by atoms with van der Waals surface area (Å²) in [5.74, 6) is -1.71. The second kappa shape index (κ2) is 21.8. The van der Waals surface area contributed by atoms with E-state index in [1.54, 1.807) is 0 Å². The van der Waals surface area contributed by atoms with Crippen LogP contribution in [-0.4, -0.2) is 23.1 Å². The molecular weight excluding hydrogens is 460 g/mol. The lowest BCUT2D eigenvalue weighted by molar-refractivity contribution is -0.174. The first-order valence-electron chi connectivity index (χ1n) is 16.4. The van der Waals surface area contributed by atoms with E-state index in [4.69, 9.17) is 4.74 Å². The van der Waals surface area contributed by atoms with Crippen LogP contribution in [0.25, 0.3) is 0 Å². The highest BCUT2D eigenvalue weighted by molar-refractivity contribution is 5.84. The van der Waals surface area contributed by atoms with Crippen molar-refractivity contribution in [2.75, 3.05) is 0 Å². The first-order valence-corrected chi connectivity index (χ1v) is 16.4. The van der Waals surface area contributed by atoms with Gasteiger partial charge in [0.1, 0.15) is 6.10 Å². The summed E-state index contributed by atoms with van der Waals surface area (Å²) in [6.45, 7) is 6.36. The van der Waals surface area contributed by atoms with Crippen molar-refractivity contribution in [3.05, 3.63) is 0 Å². The smallest absolute Gasteiger partial charge is 0.312 e. The van der Waals surface area contributed by atoms with Crippen molar-refractivity contribution in [1.82, 2.24) is 0 Å². The Kier molecular flexibility index (Phi) is 20.0. The van der Waals surface area contributed by atoms with Crippen LogP contribution in [0.1, 0.15) is 181 Å². The standard InChI is InChI=1S/C33H62O4/c1-4-6-8-10-12-14-15-16-18-20-22-26-29(25-21-19-17-13-11-9-7-5-2)37-32(36)33(3)28-24-23-27-30(33)31(34)35/h29-30H,4-28H2,1-3H3,(H,34,35). The molecule has 1 aliphatic carbocycles. The number of carboxylic acids is 1. The molecule has 0 radical (unpaired) electrons. The predicted octanol–water partition coefficient (Wildman–Crippen LogP) is 10.4. The first-order chi connectivity index (χ1) is 18.0. The zero-order valence-electron chi connectivity index (χ0n) is 25.0. The molecule has 4 nitrogen and oxygen atoms in total. The van der Waals surface area contributed by atoms with Gasteiger partial charge in [-0.05, 0) is 45.4 Å². The van der Waals surface area contributed by atoms with E-state index in [0.717, 1.165) is 38.5 Å². The lowest BCUT2D eigenvalue weighted by atomic mass is 9.67. The lowest BCUT2D eigenvalue weighted by Gasteiger charge is -2.37. The van der Waals surface area contributed by atoms with E-state index < -0.39 is 17.3 Å². The maximum absolute atomic E-state index is 13.3. The van der Waals surface area contributed by atoms with E-state index in [1.807, 2.05) is 6.92 Å². The van der Waals surface area contributed by atoms with E-state index in [-0.39, 0.29) is 12.1 Å². The third-order valence-corrected chi connectivity index (χ3v) is 8.76. The van der Waals surface area contributed by atoms with Gasteiger partial charge in [0.05, 0.1) is 11.3 Å². The zero-order chi connectivity index (χ0) is 27.2. The Morgan fingerprint density at radius 3 is 1.51 bits per heavy atom. The number of ether oxygens (including phenoxy) is 1. The molecule has 1 aliphatic rings. The van der Waals surface area contributed by atoms with Gasteiger partial charge in [0.15, 0.2) is 0 Å². The summed E-state index contributed by atoms with van der Waals surface area (Å²) in [6.07, 6.45) is 29.4. The van der Waals surface area contributed by atoms with E-state index in [9.17, 15) is 14.7 Å². The molecule has 4 heteroatoms. The van der Waals surface area contributed by atoms with Gasteiger partial charge in [-0.1, -0.05) is 136 Å². The monoisotopic (exact) mass is 522 g/mol. The van der Waals surface area contributed by atoms with Crippen molar-refractivity contribution in [3.8, 4) is 0 Å². The van der Waals surface area contributed by atoms with E-state index >= 15 is 0 Å². The van der Waals surface area contributed by atoms with Crippen molar-refractivity contribution in [3.63, 3.8) is 0 Å². The van der Waals surface area contributed by atoms with Gasteiger partial charge < -0.3 is 9.84 Å². The van der Waals surface area contributed by atoms with Gasteiger partial charge in [-0.25, -0.2) is 0 Å². The number of rotatable bonds is 24. The molecule has 0 spiro atoms. The summed E-state index contributed by atoms with van der Waals surface area (Å²) in [6, 6.07) is 0. The number of unbranched alkanes of at least 4 members (excludes halogenated alkanes) is 17. The SMILES string of the molecule is CCCCCCCCCCCCCC(CCCCCCCCCC)OC(=O)C1(C)CCCCC1C(=O)O. The van der Waals surface area contributed by atoms with Crippen molar-refractivity contribution in [2.24, 2.45) is 11.3 Å². The maximum atomic E-state index is 13.3. The highest BCUT2D eigenvalue weighted by Gasteiger charge is 2.48. The van der Waals surface area contributed by atoms with Gasteiger partial charge in [-0.2, -0.15) is 0 Å². The molecule has 1 fully saturated rings. The van der Waals surface area contributed by atoms with Gasteiger partial charge in [0.2, 0.25) is 0 Å². The van der Waals surface area contributed by atoms with Crippen LogP contribution >= 0.6 is 0 Å². The van der Waals surface area contributed by atoms with Crippen LogP contribution in [0, 0.1) is 11.3 Å². The Balaban J connectivity index is 2.42. The molecule has 1 rings (SSSR count). The van der Waals surface area contributed by atoms with Crippen molar-refractivity contribution in [1.29, 1.82) is 0 Å². The van der Waals surface area contributed by atoms with Crippen LogP contribution < -0.4 is 0 Å². The molecule has 1 saturated carbocycles. The van der Waals surface area contributed by atoms with Gasteiger partial charge in [-0.15, -0.1) is 0 Å². The Morgan fingerprint density at radius 2 is 1.11 bits per heavy atom. The minimum Gasteiger partial charge on any atom is -0.481 e. The molecule has 0 amide bonds. The minimum atomic E-state index is -0.876. The number of carbonyl (C=O) groups excluding carboxylic acids is 1. The van der Waals surface area contributed by atoms with Gasteiger partial charge in [0, 0.05) is 0 Å². The highest BCUT2D eigenvalue weighted by Crippen LogP contribution is 2.42. The van der Waals surface area contributed by atoms with Crippen LogP contribution in [0.15, 0.2) is 0 Å². The first kappa shape index (κ1) is 34.0. The number of carbonyl (C=O) groups is 2. The molecule has 0 saturated heterocycles. The van der Waals surface area contributed by atoms with Crippen molar-refractivity contribution in [2.45, 2.75) is 187 Å². The number of hydrogen-bond donors (Lipinski definition) is 1. The van der Waals surface area contributed by atoms with Gasteiger partial charge >= 0.3 is 11.9 Å². The number of carboxylic acid groups (broad SMARTS) is 1. The molecule has 0 aromatic heterocycles. The molecule has 0 heterocycles. The Hall–Kier alpha value is -1.06. The second-order valence-corrected chi connectivity index (χ2v) is 12.2. The van der Waals surface area contributed by atoms with Crippen LogP contribution in [-0.2, 0) is 14.3 Å². The topological polar surface area (TPSA) is 63.6 Å². The van der Waals surface area contributed by atoms with Crippen LogP contribution in [0.2, 0.25) is 0 Å².